The fraction of sp³-hybridized carbons (Fsp3) is 0.125. The van der Waals surface area contributed by atoms with Crippen molar-refractivity contribution in [2.75, 3.05) is 6.54 Å². The van der Waals surface area contributed by atoms with E-state index in [0.717, 1.165) is 12.1 Å². The van der Waals surface area contributed by atoms with Gasteiger partial charge in [-0.05, 0) is 36.4 Å². The molecule has 0 aliphatic rings. The van der Waals surface area contributed by atoms with E-state index in [4.69, 9.17) is 0 Å². The van der Waals surface area contributed by atoms with Crippen LogP contribution < -0.4 is 4.72 Å². The highest BCUT2D eigenvalue weighted by Gasteiger charge is 2.19. The summed E-state index contributed by atoms with van der Waals surface area (Å²) in [6.45, 7) is 0.199. The molecule has 6 nitrogen and oxygen atoms in total. The van der Waals surface area contributed by atoms with E-state index in [-0.39, 0.29) is 13.1 Å². The molecule has 0 fully saturated rings. The van der Waals surface area contributed by atoms with Gasteiger partial charge in [0.15, 0.2) is 0 Å². The van der Waals surface area contributed by atoms with E-state index in [2.05, 4.69) is 14.8 Å². The highest BCUT2D eigenvalue weighted by Crippen LogP contribution is 2.16. The van der Waals surface area contributed by atoms with Gasteiger partial charge in [-0.25, -0.2) is 21.9 Å². The zero-order chi connectivity index (χ0) is 17.9. The second-order valence-electron chi connectivity index (χ2n) is 5.15. The van der Waals surface area contributed by atoms with Crippen LogP contribution in [-0.4, -0.2) is 29.7 Å². The number of sulfonamides is 1. The van der Waals surface area contributed by atoms with Crippen molar-refractivity contribution in [1.29, 1.82) is 0 Å². The van der Waals surface area contributed by atoms with Crippen LogP contribution >= 0.6 is 0 Å². The van der Waals surface area contributed by atoms with Crippen molar-refractivity contribution in [3.05, 3.63) is 66.5 Å². The van der Waals surface area contributed by atoms with Crippen LogP contribution in [0.4, 0.5) is 8.78 Å². The van der Waals surface area contributed by atoms with Gasteiger partial charge in [0, 0.05) is 18.9 Å². The third-order valence-electron chi connectivity index (χ3n) is 3.38. The van der Waals surface area contributed by atoms with Gasteiger partial charge in [0.2, 0.25) is 10.0 Å². The number of hydrogen-bond acceptors (Lipinski definition) is 4. The molecular formula is C16H14F2N4O2S. The van der Waals surface area contributed by atoms with Crippen LogP contribution in [0.3, 0.4) is 0 Å². The summed E-state index contributed by atoms with van der Waals surface area (Å²) < 4.78 is 54.6. The van der Waals surface area contributed by atoms with E-state index in [9.17, 15) is 17.2 Å². The number of nitrogens with zero attached hydrogens (tertiary/aromatic N) is 3. The minimum Gasteiger partial charge on any atom is -0.271 e. The van der Waals surface area contributed by atoms with E-state index < -0.39 is 26.6 Å². The molecule has 0 aliphatic heterocycles. The summed E-state index contributed by atoms with van der Waals surface area (Å²) in [4.78, 5) is 3.45. The van der Waals surface area contributed by atoms with Crippen molar-refractivity contribution in [1.82, 2.24) is 19.5 Å². The van der Waals surface area contributed by atoms with E-state index in [0.29, 0.717) is 17.5 Å². The Kier molecular flexibility index (Phi) is 4.86. The molecule has 25 heavy (non-hydrogen) atoms. The number of rotatable bonds is 6. The number of nitrogens with one attached hydrogen (secondary N) is 1. The molecule has 0 saturated carbocycles. The normalized spacial score (nSPS) is 11.6. The molecule has 2 heterocycles. The Morgan fingerprint density at radius 1 is 1.08 bits per heavy atom. The van der Waals surface area contributed by atoms with Gasteiger partial charge in [-0.2, -0.15) is 5.10 Å². The largest absolute Gasteiger partial charge is 0.271 e. The predicted octanol–water partition coefficient (Wildman–Crippen LogP) is 2.20. The van der Waals surface area contributed by atoms with Gasteiger partial charge >= 0.3 is 0 Å². The zero-order valence-corrected chi connectivity index (χ0v) is 13.7. The highest BCUT2D eigenvalue weighted by atomic mass is 32.2. The first-order chi connectivity index (χ1) is 12.0. The third-order valence-corrected chi connectivity index (χ3v) is 4.86. The maximum absolute atomic E-state index is 13.6. The molecule has 3 aromatic rings. The molecule has 0 bridgehead atoms. The van der Waals surface area contributed by atoms with E-state index >= 15 is 0 Å². The maximum atomic E-state index is 13.6. The Morgan fingerprint density at radius 3 is 2.68 bits per heavy atom. The van der Waals surface area contributed by atoms with Gasteiger partial charge in [-0.15, -0.1) is 0 Å². The molecule has 0 radical (unpaired) electrons. The molecule has 0 saturated heterocycles. The summed E-state index contributed by atoms with van der Waals surface area (Å²) >= 11 is 0. The van der Waals surface area contributed by atoms with Crippen molar-refractivity contribution in [2.45, 2.75) is 11.4 Å². The van der Waals surface area contributed by atoms with Crippen LogP contribution in [-0.2, 0) is 16.6 Å². The second kappa shape index (κ2) is 7.08. The first kappa shape index (κ1) is 17.2. The molecule has 0 amide bonds. The molecule has 0 unspecified atom stereocenters. The molecule has 0 aliphatic carbocycles. The topological polar surface area (TPSA) is 76.9 Å². The lowest BCUT2D eigenvalue weighted by Gasteiger charge is -2.08. The second-order valence-corrected chi connectivity index (χ2v) is 6.89. The molecule has 3 rings (SSSR count). The lowest BCUT2D eigenvalue weighted by atomic mass is 10.3. The molecule has 2 aromatic heterocycles. The fourth-order valence-corrected chi connectivity index (χ4v) is 3.30. The summed E-state index contributed by atoms with van der Waals surface area (Å²) in [7, 11) is -4.15. The third kappa shape index (κ3) is 4.06. The van der Waals surface area contributed by atoms with Crippen LogP contribution in [0.25, 0.3) is 11.4 Å². The monoisotopic (exact) mass is 364 g/mol. The molecule has 130 valence electrons. The molecule has 1 aromatic carbocycles. The van der Waals surface area contributed by atoms with Gasteiger partial charge in [-0.3, -0.25) is 9.67 Å². The standard InChI is InChI=1S/C16H14F2N4O2S/c17-12-4-5-13(18)16(11-12)25(23,24)20-8-10-22-9-6-15(21-22)14-3-1-2-7-19-14/h1-7,9,11,20H,8,10H2. The molecule has 9 heteroatoms. The first-order valence-corrected chi connectivity index (χ1v) is 8.83. The Labute approximate surface area is 143 Å². The summed E-state index contributed by atoms with van der Waals surface area (Å²) in [5, 5.41) is 4.29. The Hall–Kier alpha value is -2.65. The SMILES string of the molecule is O=S(=O)(NCCn1ccc(-c2ccccn2)n1)c1cc(F)ccc1F. The Balaban J connectivity index is 1.65. The highest BCUT2D eigenvalue weighted by molar-refractivity contribution is 7.89. The quantitative estimate of drug-likeness (QED) is 0.727. The van der Waals surface area contributed by atoms with Crippen molar-refractivity contribution in [3.8, 4) is 11.4 Å². The van der Waals surface area contributed by atoms with Gasteiger partial charge < -0.3 is 0 Å². The first-order valence-electron chi connectivity index (χ1n) is 7.35. The lowest BCUT2D eigenvalue weighted by molar-refractivity contribution is 0.537. The van der Waals surface area contributed by atoms with E-state index in [1.54, 1.807) is 24.5 Å². The number of pyridine rings is 1. The van der Waals surface area contributed by atoms with E-state index in [1.165, 1.54) is 4.68 Å². The van der Waals surface area contributed by atoms with Crippen LogP contribution in [0.2, 0.25) is 0 Å². The van der Waals surface area contributed by atoms with E-state index in [1.807, 2.05) is 12.1 Å². The predicted molar refractivity (Wildman–Crippen MR) is 87.0 cm³/mol. The number of aromatic nitrogens is 3. The number of hydrogen-bond donors (Lipinski definition) is 1. The summed E-state index contributed by atoms with van der Waals surface area (Å²) in [6, 6.07) is 9.47. The van der Waals surface area contributed by atoms with Crippen molar-refractivity contribution in [2.24, 2.45) is 0 Å². The van der Waals surface area contributed by atoms with Gasteiger partial charge in [-0.1, -0.05) is 6.07 Å². The fourth-order valence-electron chi connectivity index (χ4n) is 2.19. The van der Waals surface area contributed by atoms with Crippen molar-refractivity contribution >= 4 is 10.0 Å². The van der Waals surface area contributed by atoms with Crippen LogP contribution in [0, 0.1) is 11.6 Å². The summed E-state index contributed by atoms with van der Waals surface area (Å²) in [5.74, 6) is -1.83. The molecule has 0 spiro atoms. The Bertz CT molecular complexity index is 975. The van der Waals surface area contributed by atoms with Crippen LogP contribution in [0.15, 0.2) is 59.8 Å². The average Bonchev–Trinajstić information content (AvgIpc) is 3.06. The number of benzene rings is 1. The van der Waals surface area contributed by atoms with Crippen molar-refractivity contribution in [3.63, 3.8) is 0 Å². The average molecular weight is 364 g/mol. The maximum Gasteiger partial charge on any atom is 0.243 e. The smallest absolute Gasteiger partial charge is 0.243 e. The minimum atomic E-state index is -4.15. The Morgan fingerprint density at radius 2 is 1.92 bits per heavy atom. The summed E-state index contributed by atoms with van der Waals surface area (Å²) in [6.07, 6.45) is 3.33. The zero-order valence-electron chi connectivity index (χ0n) is 12.9. The van der Waals surface area contributed by atoms with Gasteiger partial charge in [0.05, 0.1) is 12.2 Å². The molecule has 0 atom stereocenters. The lowest BCUT2D eigenvalue weighted by Crippen LogP contribution is -2.28. The van der Waals surface area contributed by atoms with Crippen LogP contribution in [0.1, 0.15) is 0 Å². The number of halogens is 2. The van der Waals surface area contributed by atoms with Crippen LogP contribution in [0.5, 0.6) is 0 Å². The summed E-state index contributed by atoms with van der Waals surface area (Å²) in [5.41, 5.74) is 1.35. The minimum absolute atomic E-state index is 0.0262. The molecular weight excluding hydrogens is 350 g/mol. The van der Waals surface area contributed by atoms with Gasteiger partial charge in [0.25, 0.3) is 0 Å². The van der Waals surface area contributed by atoms with Crippen molar-refractivity contribution < 1.29 is 17.2 Å². The van der Waals surface area contributed by atoms with Gasteiger partial charge in [0.1, 0.15) is 22.2 Å². The molecule has 1 N–H and O–H groups in total.